The van der Waals surface area contributed by atoms with Crippen LogP contribution in [-0.2, 0) is 9.53 Å². The Kier molecular flexibility index (Phi) is 5.29. The van der Waals surface area contributed by atoms with Crippen molar-refractivity contribution < 1.29 is 14.3 Å². The third kappa shape index (κ3) is 3.81. The average Bonchev–Trinajstić information content (AvgIpc) is 3.44. The Hall–Kier alpha value is -3.06. The fourth-order valence-electron chi connectivity index (χ4n) is 5.37. The molecule has 1 aliphatic carbocycles. The molecule has 10 nitrogen and oxygen atoms in total. The Morgan fingerprint density at radius 2 is 2.06 bits per heavy atom. The number of amides is 2. The number of hydrogen-bond acceptors (Lipinski definition) is 7. The van der Waals surface area contributed by atoms with Crippen molar-refractivity contribution in [1.82, 2.24) is 30.2 Å². The number of aromatic nitrogens is 4. The maximum atomic E-state index is 12.8. The first-order valence-electron chi connectivity index (χ1n) is 11.2. The van der Waals surface area contributed by atoms with E-state index in [1.807, 2.05) is 4.90 Å². The van der Waals surface area contributed by atoms with Crippen molar-refractivity contribution in [3.8, 4) is 6.07 Å². The van der Waals surface area contributed by atoms with Gasteiger partial charge < -0.3 is 19.9 Å². The molecule has 1 saturated carbocycles. The van der Waals surface area contributed by atoms with E-state index in [-0.39, 0.29) is 29.0 Å². The standard InChI is InChI=1S/C22H27N7O3/c23-9-21(4-2-1-3-5-21)7-16(30)29-10-22(11-29)6-15(32-12-22)8-24-20(31)18-17-19(27-13-25-17)28-14-26-18/h13-15H,1-8,10-12H2,(H,24,31)(H,25,26,27,28). The Bertz CT molecular complexity index is 1060. The number of nitrogens with zero attached hydrogens (tertiary/aromatic N) is 5. The average molecular weight is 438 g/mol. The lowest BCUT2D eigenvalue weighted by molar-refractivity contribution is -0.145. The molecule has 5 rings (SSSR count). The number of ether oxygens (including phenoxy) is 1. The third-order valence-electron chi connectivity index (χ3n) is 7.16. The molecule has 0 bridgehead atoms. The summed E-state index contributed by atoms with van der Waals surface area (Å²) in [6, 6.07) is 2.44. The molecule has 10 heteroatoms. The van der Waals surface area contributed by atoms with Crippen molar-refractivity contribution in [2.75, 3.05) is 26.2 Å². The van der Waals surface area contributed by atoms with Gasteiger partial charge in [0, 0.05) is 31.5 Å². The van der Waals surface area contributed by atoms with Crippen molar-refractivity contribution >= 4 is 23.0 Å². The zero-order valence-electron chi connectivity index (χ0n) is 18.0. The molecule has 1 atom stereocenters. The first-order valence-corrected chi connectivity index (χ1v) is 11.2. The van der Waals surface area contributed by atoms with Gasteiger partial charge in [0.15, 0.2) is 11.3 Å². The quantitative estimate of drug-likeness (QED) is 0.724. The van der Waals surface area contributed by atoms with Crippen molar-refractivity contribution in [2.24, 2.45) is 10.8 Å². The molecule has 4 heterocycles. The highest BCUT2D eigenvalue weighted by Crippen LogP contribution is 2.44. The molecule has 0 aromatic carbocycles. The van der Waals surface area contributed by atoms with Crippen LogP contribution in [0.4, 0.5) is 0 Å². The van der Waals surface area contributed by atoms with Gasteiger partial charge in [0.05, 0.1) is 30.5 Å². The highest BCUT2D eigenvalue weighted by atomic mass is 16.5. The van der Waals surface area contributed by atoms with E-state index in [2.05, 4.69) is 31.3 Å². The zero-order valence-corrected chi connectivity index (χ0v) is 18.0. The molecule has 2 N–H and O–H groups in total. The Balaban J connectivity index is 1.11. The van der Waals surface area contributed by atoms with Crippen LogP contribution >= 0.6 is 0 Å². The van der Waals surface area contributed by atoms with Gasteiger partial charge in [-0.2, -0.15) is 5.26 Å². The molecule has 32 heavy (non-hydrogen) atoms. The molecule has 2 saturated heterocycles. The van der Waals surface area contributed by atoms with Crippen LogP contribution in [0.1, 0.15) is 55.4 Å². The van der Waals surface area contributed by atoms with Gasteiger partial charge in [0.1, 0.15) is 11.8 Å². The molecule has 2 aliphatic heterocycles. The van der Waals surface area contributed by atoms with Crippen LogP contribution in [0.15, 0.2) is 12.7 Å². The lowest BCUT2D eigenvalue weighted by Crippen LogP contribution is -2.59. The number of nitrogens with one attached hydrogen (secondary N) is 2. The van der Waals surface area contributed by atoms with Crippen molar-refractivity contribution in [1.29, 1.82) is 5.26 Å². The summed E-state index contributed by atoms with van der Waals surface area (Å²) < 4.78 is 5.93. The normalized spacial score (nSPS) is 23.6. The summed E-state index contributed by atoms with van der Waals surface area (Å²) in [6.45, 7) is 2.29. The van der Waals surface area contributed by atoms with Crippen LogP contribution in [0.5, 0.6) is 0 Å². The summed E-state index contributed by atoms with van der Waals surface area (Å²) in [5.74, 6) is -0.214. The zero-order chi connectivity index (χ0) is 22.2. The Morgan fingerprint density at radius 1 is 1.25 bits per heavy atom. The second-order valence-electron chi connectivity index (χ2n) is 9.55. The van der Waals surface area contributed by atoms with E-state index in [1.54, 1.807) is 0 Å². The van der Waals surface area contributed by atoms with Crippen molar-refractivity contribution in [3.05, 3.63) is 18.3 Å². The fourth-order valence-corrected chi connectivity index (χ4v) is 5.37. The highest BCUT2D eigenvalue weighted by Gasteiger charge is 2.51. The predicted molar refractivity (Wildman–Crippen MR) is 113 cm³/mol. The van der Waals surface area contributed by atoms with Crippen LogP contribution in [0, 0.1) is 22.2 Å². The van der Waals surface area contributed by atoms with Crippen molar-refractivity contribution in [2.45, 2.75) is 51.0 Å². The number of carbonyl (C=O) groups is 2. The number of aromatic amines is 1. The number of nitriles is 1. The van der Waals surface area contributed by atoms with Crippen LogP contribution in [0.3, 0.4) is 0 Å². The number of imidazole rings is 1. The summed E-state index contributed by atoms with van der Waals surface area (Å²) in [6.07, 6.45) is 8.72. The number of likely N-dealkylation sites (tertiary alicyclic amines) is 1. The van der Waals surface area contributed by atoms with Crippen LogP contribution < -0.4 is 5.32 Å². The van der Waals surface area contributed by atoms with E-state index in [1.165, 1.54) is 12.7 Å². The van der Waals surface area contributed by atoms with E-state index in [9.17, 15) is 14.9 Å². The minimum atomic E-state index is -0.474. The maximum absolute atomic E-state index is 12.8. The van der Waals surface area contributed by atoms with Crippen LogP contribution in [-0.4, -0.2) is 69.0 Å². The summed E-state index contributed by atoms with van der Waals surface area (Å²) >= 11 is 0. The topological polar surface area (TPSA) is 137 Å². The molecule has 2 amide bonds. The molecule has 3 aliphatic rings. The lowest BCUT2D eigenvalue weighted by atomic mass is 9.71. The number of fused-ring (bicyclic) bond motifs is 1. The highest BCUT2D eigenvalue weighted by molar-refractivity contribution is 6.01. The summed E-state index contributed by atoms with van der Waals surface area (Å²) in [4.78, 5) is 42.2. The molecule has 0 radical (unpaired) electrons. The van der Waals surface area contributed by atoms with E-state index in [0.717, 1.165) is 38.5 Å². The molecule has 1 spiro atoms. The molecule has 2 aromatic heterocycles. The van der Waals surface area contributed by atoms with Gasteiger partial charge in [0.2, 0.25) is 5.91 Å². The molecule has 2 aromatic rings. The lowest BCUT2D eigenvalue weighted by Gasteiger charge is -2.48. The van der Waals surface area contributed by atoms with E-state index in [0.29, 0.717) is 43.8 Å². The van der Waals surface area contributed by atoms with E-state index < -0.39 is 5.41 Å². The minimum absolute atomic E-state index is 0.0387. The van der Waals surface area contributed by atoms with Gasteiger partial charge in [0.25, 0.3) is 5.91 Å². The third-order valence-corrected chi connectivity index (χ3v) is 7.16. The minimum Gasteiger partial charge on any atom is -0.376 e. The van der Waals surface area contributed by atoms with E-state index >= 15 is 0 Å². The first-order chi connectivity index (χ1) is 15.5. The van der Waals surface area contributed by atoms with Gasteiger partial charge in [-0.15, -0.1) is 0 Å². The van der Waals surface area contributed by atoms with Gasteiger partial charge in [-0.25, -0.2) is 15.0 Å². The molecule has 1 unspecified atom stereocenters. The summed E-state index contributed by atoms with van der Waals surface area (Å²) in [7, 11) is 0. The number of carbonyl (C=O) groups excluding carboxylic acids is 2. The van der Waals surface area contributed by atoms with Crippen molar-refractivity contribution in [3.63, 3.8) is 0 Å². The first kappa shape index (κ1) is 20.8. The smallest absolute Gasteiger partial charge is 0.272 e. The van der Waals surface area contributed by atoms with E-state index in [4.69, 9.17) is 4.74 Å². The van der Waals surface area contributed by atoms with Crippen LogP contribution in [0.25, 0.3) is 11.2 Å². The Morgan fingerprint density at radius 3 is 2.84 bits per heavy atom. The molecule has 3 fully saturated rings. The maximum Gasteiger partial charge on any atom is 0.272 e. The predicted octanol–water partition coefficient (Wildman–Crippen LogP) is 1.56. The monoisotopic (exact) mass is 437 g/mol. The summed E-state index contributed by atoms with van der Waals surface area (Å²) in [5.41, 5.74) is 0.706. The Labute approximate surface area is 185 Å². The molecular formula is C22H27N7O3. The van der Waals surface area contributed by atoms with Gasteiger partial charge in [-0.1, -0.05) is 19.3 Å². The van der Waals surface area contributed by atoms with Gasteiger partial charge in [-0.3, -0.25) is 9.59 Å². The van der Waals surface area contributed by atoms with Gasteiger partial charge >= 0.3 is 0 Å². The molecule has 168 valence electrons. The van der Waals surface area contributed by atoms with Crippen LogP contribution in [0.2, 0.25) is 0 Å². The largest absolute Gasteiger partial charge is 0.376 e. The molecular weight excluding hydrogens is 410 g/mol. The summed E-state index contributed by atoms with van der Waals surface area (Å²) in [5, 5.41) is 12.5. The fraction of sp³-hybridized carbons (Fsp3) is 0.636. The number of rotatable bonds is 5. The second-order valence-corrected chi connectivity index (χ2v) is 9.55. The number of H-pyrrole nitrogens is 1. The SMILES string of the molecule is N#CC1(CC(=O)N2CC3(COC(CNC(=O)c4ncnc5nc[nH]c45)C3)C2)CCCCC1. The second kappa shape index (κ2) is 8.13. The van der Waals surface area contributed by atoms with Gasteiger partial charge in [-0.05, 0) is 19.3 Å². The number of hydrogen-bond donors (Lipinski definition) is 2.